The summed E-state index contributed by atoms with van der Waals surface area (Å²) in [4.78, 5) is 31.9. The van der Waals surface area contributed by atoms with Crippen LogP contribution in [0, 0.1) is 13.8 Å². The van der Waals surface area contributed by atoms with Crippen LogP contribution in [0.25, 0.3) is 0 Å². The van der Waals surface area contributed by atoms with Crippen LogP contribution in [0.3, 0.4) is 0 Å². The fourth-order valence-electron chi connectivity index (χ4n) is 1.84. The second-order valence-corrected chi connectivity index (χ2v) is 4.80. The summed E-state index contributed by atoms with van der Waals surface area (Å²) in [5.74, 6) is -0.286. The molecule has 1 atom stereocenters. The van der Waals surface area contributed by atoms with Gasteiger partial charge < -0.3 is 5.32 Å². The quantitative estimate of drug-likeness (QED) is 0.885. The van der Waals surface area contributed by atoms with Crippen LogP contribution in [-0.4, -0.2) is 25.7 Å². The van der Waals surface area contributed by atoms with Crippen molar-refractivity contribution >= 4 is 5.91 Å². The molecule has 0 fully saturated rings. The molecule has 2 heterocycles. The third-order valence-corrected chi connectivity index (χ3v) is 3.01. The Kier molecular flexibility index (Phi) is 4.42. The molecular weight excluding hydrogens is 270 g/mol. The molecule has 0 aliphatic heterocycles. The van der Waals surface area contributed by atoms with Gasteiger partial charge in [0.15, 0.2) is 0 Å². The fraction of sp³-hybridized carbons (Fsp3) is 0.357. The maximum atomic E-state index is 12.1. The number of hydrogen-bond donors (Lipinski definition) is 1. The lowest BCUT2D eigenvalue weighted by Crippen LogP contribution is -2.36. The van der Waals surface area contributed by atoms with Crippen LogP contribution in [0.4, 0.5) is 0 Å². The first-order chi connectivity index (χ1) is 9.97. The van der Waals surface area contributed by atoms with Crippen molar-refractivity contribution in [2.75, 3.05) is 0 Å². The summed E-state index contributed by atoms with van der Waals surface area (Å²) in [5.41, 5.74) is 1.92. The van der Waals surface area contributed by atoms with Gasteiger partial charge in [-0.05, 0) is 32.9 Å². The average Bonchev–Trinajstić information content (AvgIpc) is 2.46. The monoisotopic (exact) mass is 287 g/mol. The van der Waals surface area contributed by atoms with Crippen LogP contribution in [0.5, 0.6) is 0 Å². The lowest BCUT2D eigenvalue weighted by atomic mass is 10.3. The van der Waals surface area contributed by atoms with E-state index in [9.17, 15) is 9.59 Å². The maximum Gasteiger partial charge on any atom is 0.267 e. The highest BCUT2D eigenvalue weighted by molar-refractivity contribution is 5.79. The van der Waals surface area contributed by atoms with E-state index in [-0.39, 0.29) is 18.0 Å². The standard InChI is InChI=1S/C14H17N5O2/c1-9-4-5-13(20)19(18-9)11(3)14(21)15-7-12-6-10(2)16-8-17-12/h4-6,8,11H,7H2,1-3H3,(H,15,21). The molecule has 1 amide bonds. The maximum absolute atomic E-state index is 12.1. The van der Waals surface area contributed by atoms with Crippen LogP contribution < -0.4 is 10.9 Å². The minimum Gasteiger partial charge on any atom is -0.349 e. The highest BCUT2D eigenvalue weighted by atomic mass is 16.2. The van der Waals surface area contributed by atoms with Gasteiger partial charge in [-0.25, -0.2) is 14.6 Å². The Morgan fingerprint density at radius 1 is 1.29 bits per heavy atom. The van der Waals surface area contributed by atoms with Crippen molar-refractivity contribution in [3.8, 4) is 0 Å². The summed E-state index contributed by atoms with van der Waals surface area (Å²) in [6.45, 7) is 5.54. The van der Waals surface area contributed by atoms with Crippen LogP contribution in [0.15, 0.2) is 29.3 Å². The van der Waals surface area contributed by atoms with E-state index in [4.69, 9.17) is 0 Å². The predicted molar refractivity (Wildman–Crippen MR) is 76.6 cm³/mol. The van der Waals surface area contributed by atoms with Gasteiger partial charge in [-0.3, -0.25) is 9.59 Å². The summed E-state index contributed by atoms with van der Waals surface area (Å²) in [6, 6.07) is 4.13. The fourth-order valence-corrected chi connectivity index (χ4v) is 1.84. The number of carbonyl (C=O) groups excluding carboxylic acids is 1. The molecule has 7 heteroatoms. The first kappa shape index (κ1) is 14.8. The van der Waals surface area contributed by atoms with Gasteiger partial charge in [0.2, 0.25) is 5.91 Å². The van der Waals surface area contributed by atoms with Crippen molar-refractivity contribution in [2.45, 2.75) is 33.4 Å². The van der Waals surface area contributed by atoms with E-state index in [1.807, 2.05) is 6.92 Å². The summed E-state index contributed by atoms with van der Waals surface area (Å²) >= 11 is 0. The Morgan fingerprint density at radius 2 is 2.05 bits per heavy atom. The molecule has 110 valence electrons. The zero-order valence-corrected chi connectivity index (χ0v) is 12.2. The molecule has 1 N–H and O–H groups in total. The molecule has 0 saturated heterocycles. The van der Waals surface area contributed by atoms with Gasteiger partial charge in [-0.1, -0.05) is 0 Å². The van der Waals surface area contributed by atoms with Gasteiger partial charge in [0.1, 0.15) is 12.4 Å². The molecule has 2 aromatic heterocycles. The van der Waals surface area contributed by atoms with E-state index in [2.05, 4.69) is 20.4 Å². The SMILES string of the molecule is Cc1cc(CNC(=O)C(C)n2nc(C)ccc2=O)ncn1. The van der Waals surface area contributed by atoms with Crippen molar-refractivity contribution in [1.29, 1.82) is 0 Å². The first-order valence-electron chi connectivity index (χ1n) is 6.59. The summed E-state index contributed by atoms with van der Waals surface area (Å²) in [7, 11) is 0. The Balaban J connectivity index is 2.06. The lowest BCUT2D eigenvalue weighted by molar-refractivity contribution is -0.124. The molecule has 0 aliphatic carbocycles. The second kappa shape index (κ2) is 6.25. The lowest BCUT2D eigenvalue weighted by Gasteiger charge is -2.14. The number of rotatable bonds is 4. The zero-order chi connectivity index (χ0) is 15.4. The van der Waals surface area contributed by atoms with Gasteiger partial charge in [-0.2, -0.15) is 5.10 Å². The van der Waals surface area contributed by atoms with Crippen LogP contribution >= 0.6 is 0 Å². The minimum absolute atomic E-state index is 0.285. The largest absolute Gasteiger partial charge is 0.349 e. The molecule has 0 spiro atoms. The molecule has 0 aromatic carbocycles. The Morgan fingerprint density at radius 3 is 2.76 bits per heavy atom. The molecule has 7 nitrogen and oxygen atoms in total. The van der Waals surface area contributed by atoms with Crippen molar-refractivity contribution in [3.05, 3.63) is 52.0 Å². The van der Waals surface area contributed by atoms with E-state index in [0.29, 0.717) is 11.4 Å². The van der Waals surface area contributed by atoms with E-state index >= 15 is 0 Å². The second-order valence-electron chi connectivity index (χ2n) is 4.80. The summed E-state index contributed by atoms with van der Waals surface area (Å²) in [5, 5.41) is 6.82. The van der Waals surface area contributed by atoms with E-state index in [1.54, 1.807) is 26.0 Å². The third kappa shape index (κ3) is 3.71. The van der Waals surface area contributed by atoms with Gasteiger partial charge in [0, 0.05) is 11.8 Å². The Bertz CT molecular complexity index is 711. The molecule has 0 bridgehead atoms. The van der Waals surface area contributed by atoms with Crippen molar-refractivity contribution in [1.82, 2.24) is 25.1 Å². The topological polar surface area (TPSA) is 89.8 Å². The molecule has 2 aromatic rings. The van der Waals surface area contributed by atoms with Gasteiger partial charge in [-0.15, -0.1) is 0 Å². The third-order valence-electron chi connectivity index (χ3n) is 3.01. The molecule has 2 rings (SSSR count). The van der Waals surface area contributed by atoms with Gasteiger partial charge in [0.05, 0.1) is 17.9 Å². The van der Waals surface area contributed by atoms with Crippen LogP contribution in [0.2, 0.25) is 0 Å². The Labute approximate surface area is 122 Å². The van der Waals surface area contributed by atoms with Crippen molar-refractivity contribution < 1.29 is 4.79 Å². The number of nitrogens with one attached hydrogen (secondary N) is 1. The van der Waals surface area contributed by atoms with Crippen molar-refractivity contribution in [2.24, 2.45) is 0 Å². The Hall–Kier alpha value is -2.57. The number of carbonyl (C=O) groups is 1. The summed E-state index contributed by atoms with van der Waals surface area (Å²) < 4.78 is 1.18. The number of aryl methyl sites for hydroxylation is 2. The average molecular weight is 287 g/mol. The normalized spacial score (nSPS) is 12.0. The van der Waals surface area contributed by atoms with E-state index < -0.39 is 6.04 Å². The highest BCUT2D eigenvalue weighted by Gasteiger charge is 2.17. The molecule has 1 unspecified atom stereocenters. The van der Waals surface area contributed by atoms with Crippen LogP contribution in [-0.2, 0) is 11.3 Å². The van der Waals surface area contributed by atoms with Crippen molar-refractivity contribution in [3.63, 3.8) is 0 Å². The number of amides is 1. The molecule has 21 heavy (non-hydrogen) atoms. The van der Waals surface area contributed by atoms with Gasteiger partial charge in [0.25, 0.3) is 5.56 Å². The molecule has 0 aliphatic rings. The molecule has 0 radical (unpaired) electrons. The van der Waals surface area contributed by atoms with Crippen LogP contribution in [0.1, 0.15) is 30.0 Å². The van der Waals surface area contributed by atoms with Gasteiger partial charge >= 0.3 is 0 Å². The predicted octanol–water partition coefficient (Wildman–Crippen LogP) is 0.528. The molecule has 0 saturated carbocycles. The summed E-state index contributed by atoms with van der Waals surface area (Å²) in [6.07, 6.45) is 1.45. The zero-order valence-electron chi connectivity index (χ0n) is 12.2. The smallest absolute Gasteiger partial charge is 0.267 e. The number of hydrogen-bond acceptors (Lipinski definition) is 5. The van der Waals surface area contributed by atoms with E-state index in [0.717, 1.165) is 5.69 Å². The van der Waals surface area contributed by atoms with E-state index in [1.165, 1.54) is 17.1 Å². The first-order valence-corrected chi connectivity index (χ1v) is 6.59. The minimum atomic E-state index is -0.680. The highest BCUT2D eigenvalue weighted by Crippen LogP contribution is 2.02. The number of nitrogens with zero attached hydrogens (tertiary/aromatic N) is 4. The molecular formula is C14H17N5O2. The number of aromatic nitrogens is 4.